The zero-order valence-corrected chi connectivity index (χ0v) is 9.32. The number of aromatic nitrogens is 2. The third-order valence-electron chi connectivity index (χ3n) is 1.65. The van der Waals surface area contributed by atoms with Crippen molar-refractivity contribution < 1.29 is 13.2 Å². The van der Waals surface area contributed by atoms with E-state index in [1.807, 2.05) is 4.98 Å². The first-order valence-corrected chi connectivity index (χ1v) is 4.88. The predicted octanol–water partition coefficient (Wildman–Crippen LogP) is 1.22. The van der Waals surface area contributed by atoms with Gasteiger partial charge in [-0.05, 0) is 6.42 Å². The number of halogens is 3. The summed E-state index contributed by atoms with van der Waals surface area (Å²) in [6, 6.07) is 0.338. The third kappa shape index (κ3) is 4.00. The van der Waals surface area contributed by atoms with Crippen molar-refractivity contribution in [3.63, 3.8) is 0 Å². The minimum absolute atomic E-state index is 0.292. The number of nitrogens with two attached hydrogens (primary N) is 1. The Kier molecular flexibility index (Phi) is 4.18. The number of nitrogens with zero attached hydrogens (tertiary/aromatic N) is 3. The van der Waals surface area contributed by atoms with Gasteiger partial charge in [0.05, 0.1) is 0 Å². The molecule has 1 heterocycles. The molecule has 9 heteroatoms. The normalized spacial score (nSPS) is 13.2. The maximum Gasteiger partial charge on any atom is 0.433 e. The van der Waals surface area contributed by atoms with Crippen LogP contribution in [0.1, 0.15) is 19.0 Å². The molecule has 0 aliphatic heterocycles. The lowest BCUT2D eigenvalue weighted by Gasteiger charge is -2.04. The summed E-state index contributed by atoms with van der Waals surface area (Å²) in [5.41, 5.74) is 3.00. The molecule has 0 amide bonds. The van der Waals surface area contributed by atoms with Crippen LogP contribution < -0.4 is 11.3 Å². The fourth-order valence-corrected chi connectivity index (χ4v) is 0.965. The van der Waals surface area contributed by atoms with Crippen LogP contribution in [0, 0.1) is 0 Å². The second-order valence-corrected chi connectivity index (χ2v) is 3.14. The highest BCUT2D eigenvalue weighted by molar-refractivity contribution is 5.87. The Morgan fingerprint density at radius 2 is 2.28 bits per heavy atom. The molecular formula is C9H10F3N5O. The van der Waals surface area contributed by atoms with E-state index in [0.717, 1.165) is 0 Å². The van der Waals surface area contributed by atoms with Crippen LogP contribution in [0.25, 0.3) is 0 Å². The number of rotatable bonds is 2. The minimum Gasteiger partial charge on any atom is -0.368 e. The molecule has 98 valence electrons. The Labute approximate surface area is 99.5 Å². The van der Waals surface area contributed by atoms with Gasteiger partial charge >= 0.3 is 6.18 Å². The molecule has 0 aliphatic carbocycles. The van der Waals surface area contributed by atoms with Gasteiger partial charge in [0.2, 0.25) is 11.9 Å². The molecule has 0 unspecified atom stereocenters. The average Bonchev–Trinajstić information content (AvgIpc) is 2.24. The SMILES string of the molecule is CC/C=N/C(N)=N\c1nc(C(F)(F)F)cc(=O)[nH]1. The van der Waals surface area contributed by atoms with Gasteiger partial charge < -0.3 is 5.73 Å². The van der Waals surface area contributed by atoms with Crippen LogP contribution >= 0.6 is 0 Å². The predicted molar refractivity (Wildman–Crippen MR) is 59.9 cm³/mol. The van der Waals surface area contributed by atoms with E-state index in [1.54, 1.807) is 6.92 Å². The fraction of sp³-hybridized carbons (Fsp3) is 0.333. The molecular weight excluding hydrogens is 251 g/mol. The van der Waals surface area contributed by atoms with Crippen molar-refractivity contribution in [3.8, 4) is 0 Å². The van der Waals surface area contributed by atoms with Crippen molar-refractivity contribution in [3.05, 3.63) is 22.1 Å². The van der Waals surface area contributed by atoms with Gasteiger partial charge in [-0.2, -0.15) is 18.2 Å². The van der Waals surface area contributed by atoms with Gasteiger partial charge in [-0.3, -0.25) is 9.78 Å². The van der Waals surface area contributed by atoms with E-state index in [1.165, 1.54) is 6.21 Å². The molecule has 0 saturated heterocycles. The molecule has 0 aliphatic rings. The monoisotopic (exact) mass is 261 g/mol. The van der Waals surface area contributed by atoms with Gasteiger partial charge in [-0.25, -0.2) is 9.98 Å². The molecule has 1 rings (SSSR count). The van der Waals surface area contributed by atoms with E-state index in [2.05, 4.69) is 15.0 Å². The Morgan fingerprint density at radius 1 is 1.61 bits per heavy atom. The zero-order valence-electron chi connectivity index (χ0n) is 9.32. The second-order valence-electron chi connectivity index (χ2n) is 3.14. The van der Waals surface area contributed by atoms with Crippen LogP contribution in [0.15, 0.2) is 20.8 Å². The first kappa shape index (κ1) is 13.9. The molecule has 0 aromatic carbocycles. The maximum atomic E-state index is 12.4. The van der Waals surface area contributed by atoms with Crippen LogP contribution in [0.4, 0.5) is 19.1 Å². The van der Waals surface area contributed by atoms with Crippen molar-refractivity contribution in [2.45, 2.75) is 19.5 Å². The highest BCUT2D eigenvalue weighted by atomic mass is 19.4. The number of aliphatic imine (C=N–C) groups is 2. The molecule has 0 fully saturated rings. The smallest absolute Gasteiger partial charge is 0.368 e. The van der Waals surface area contributed by atoms with Crippen molar-refractivity contribution in [1.82, 2.24) is 9.97 Å². The minimum atomic E-state index is -4.72. The summed E-state index contributed by atoms with van der Waals surface area (Å²) in [6.07, 6.45) is -2.71. The summed E-state index contributed by atoms with van der Waals surface area (Å²) in [7, 11) is 0. The molecule has 0 atom stereocenters. The van der Waals surface area contributed by atoms with Crippen LogP contribution in [0.3, 0.4) is 0 Å². The van der Waals surface area contributed by atoms with Gasteiger partial charge in [0, 0.05) is 12.3 Å². The Hall–Kier alpha value is -2.19. The highest BCUT2D eigenvalue weighted by Gasteiger charge is 2.33. The van der Waals surface area contributed by atoms with E-state index in [0.29, 0.717) is 12.5 Å². The largest absolute Gasteiger partial charge is 0.433 e. The maximum absolute atomic E-state index is 12.4. The molecule has 0 bridgehead atoms. The van der Waals surface area contributed by atoms with Crippen molar-refractivity contribution in [2.75, 3.05) is 0 Å². The lowest BCUT2D eigenvalue weighted by atomic mass is 10.4. The highest BCUT2D eigenvalue weighted by Crippen LogP contribution is 2.27. The molecule has 0 radical (unpaired) electrons. The summed E-state index contributed by atoms with van der Waals surface area (Å²) in [4.78, 5) is 23.2. The molecule has 6 nitrogen and oxygen atoms in total. The lowest BCUT2D eigenvalue weighted by molar-refractivity contribution is -0.141. The van der Waals surface area contributed by atoms with Gasteiger partial charge in [0.15, 0.2) is 5.69 Å². The summed E-state index contributed by atoms with van der Waals surface area (Å²) in [6.45, 7) is 1.79. The number of nitrogens with one attached hydrogen (secondary N) is 1. The van der Waals surface area contributed by atoms with Crippen LogP contribution in [0.2, 0.25) is 0 Å². The number of aromatic amines is 1. The second kappa shape index (κ2) is 5.43. The van der Waals surface area contributed by atoms with E-state index < -0.39 is 23.4 Å². The van der Waals surface area contributed by atoms with Crippen LogP contribution in [0.5, 0.6) is 0 Å². The lowest BCUT2D eigenvalue weighted by Crippen LogP contribution is -2.16. The summed E-state index contributed by atoms with van der Waals surface area (Å²) >= 11 is 0. The van der Waals surface area contributed by atoms with Crippen molar-refractivity contribution in [1.29, 1.82) is 0 Å². The molecule has 1 aromatic heterocycles. The number of guanidine groups is 1. The average molecular weight is 261 g/mol. The van der Waals surface area contributed by atoms with Crippen LogP contribution in [-0.2, 0) is 6.18 Å². The van der Waals surface area contributed by atoms with E-state index in [-0.39, 0.29) is 5.96 Å². The first-order valence-electron chi connectivity index (χ1n) is 4.88. The van der Waals surface area contributed by atoms with Gasteiger partial charge in [-0.1, -0.05) is 6.92 Å². The van der Waals surface area contributed by atoms with Crippen molar-refractivity contribution in [2.24, 2.45) is 15.7 Å². The quantitative estimate of drug-likeness (QED) is 0.618. The number of alkyl halides is 3. The summed E-state index contributed by atoms with van der Waals surface area (Å²) in [5.74, 6) is -0.833. The third-order valence-corrected chi connectivity index (χ3v) is 1.65. The standard InChI is InChI=1S/C9H10F3N5O/c1-2-3-14-7(13)17-8-15-5(9(10,11)12)4-6(18)16-8/h3-4H,2H2,1H3,(H3,13,15,16,17,18)/b14-3+. The summed E-state index contributed by atoms with van der Waals surface area (Å²) in [5, 5.41) is 0. The number of H-pyrrole nitrogens is 1. The van der Waals surface area contributed by atoms with E-state index >= 15 is 0 Å². The Bertz CT molecular complexity index is 532. The molecule has 0 saturated carbocycles. The van der Waals surface area contributed by atoms with E-state index in [4.69, 9.17) is 5.73 Å². The molecule has 18 heavy (non-hydrogen) atoms. The fourth-order valence-electron chi connectivity index (χ4n) is 0.965. The number of hydrogen-bond donors (Lipinski definition) is 2. The Morgan fingerprint density at radius 3 is 2.83 bits per heavy atom. The van der Waals surface area contributed by atoms with Gasteiger partial charge in [0.1, 0.15) is 0 Å². The van der Waals surface area contributed by atoms with Crippen molar-refractivity contribution >= 4 is 18.1 Å². The van der Waals surface area contributed by atoms with Gasteiger partial charge in [0.25, 0.3) is 5.56 Å². The van der Waals surface area contributed by atoms with Gasteiger partial charge in [-0.15, -0.1) is 0 Å². The molecule has 0 spiro atoms. The topological polar surface area (TPSA) is 96.5 Å². The molecule has 3 N–H and O–H groups in total. The van der Waals surface area contributed by atoms with Crippen LogP contribution in [-0.4, -0.2) is 22.1 Å². The number of hydrogen-bond acceptors (Lipinski definition) is 3. The first-order chi connectivity index (χ1) is 8.32. The summed E-state index contributed by atoms with van der Waals surface area (Å²) < 4.78 is 37.1. The zero-order chi connectivity index (χ0) is 13.8. The van der Waals surface area contributed by atoms with E-state index in [9.17, 15) is 18.0 Å². The Balaban J connectivity index is 3.15. The molecule has 1 aromatic rings.